The summed E-state index contributed by atoms with van der Waals surface area (Å²) in [5.74, 6) is -1.83. The van der Waals surface area contributed by atoms with Gasteiger partial charge in [0.1, 0.15) is 0 Å². The lowest BCUT2D eigenvalue weighted by Crippen LogP contribution is -2.05. The number of benzene rings is 2. The maximum absolute atomic E-state index is 13.5. The average molecular weight is 395 g/mol. The molecule has 0 aliphatic carbocycles. The molecular formula is C14H10ClF2IO. The van der Waals surface area contributed by atoms with Gasteiger partial charge in [0.15, 0.2) is 11.6 Å². The van der Waals surface area contributed by atoms with Gasteiger partial charge in [0, 0.05) is 9.99 Å². The minimum absolute atomic E-state index is 0.000511. The fourth-order valence-corrected chi connectivity index (χ4v) is 2.28. The van der Waals surface area contributed by atoms with Crippen molar-refractivity contribution >= 4 is 34.2 Å². The minimum atomic E-state index is -0.925. The molecule has 1 N–H and O–H groups in total. The summed E-state index contributed by atoms with van der Waals surface area (Å²) in [6, 6.07) is 9.04. The van der Waals surface area contributed by atoms with E-state index >= 15 is 0 Å². The Morgan fingerprint density at radius 3 is 2.63 bits per heavy atom. The maximum Gasteiger partial charge on any atom is 0.162 e. The second kappa shape index (κ2) is 6.15. The maximum atomic E-state index is 13.5. The first-order chi connectivity index (χ1) is 8.99. The Bertz CT molecular complexity index is 604. The summed E-state index contributed by atoms with van der Waals surface area (Å²) >= 11 is 8.04. The molecule has 2 rings (SSSR count). The smallest absolute Gasteiger partial charge is 0.162 e. The highest BCUT2D eigenvalue weighted by atomic mass is 127. The summed E-state index contributed by atoms with van der Waals surface area (Å²) in [5.41, 5.74) is 0.719. The quantitative estimate of drug-likeness (QED) is 0.760. The first-order valence-corrected chi connectivity index (χ1v) is 7.00. The molecule has 1 unspecified atom stereocenters. The molecule has 0 amide bonds. The third kappa shape index (κ3) is 3.43. The fraction of sp³-hybridized carbons (Fsp3) is 0.143. The molecule has 0 heterocycles. The molecule has 0 fully saturated rings. The van der Waals surface area contributed by atoms with E-state index in [0.29, 0.717) is 10.6 Å². The summed E-state index contributed by atoms with van der Waals surface area (Å²) < 4.78 is 27.4. The van der Waals surface area contributed by atoms with Crippen LogP contribution in [0.2, 0.25) is 5.02 Å². The lowest BCUT2D eigenvalue weighted by molar-refractivity contribution is 0.177. The number of aliphatic hydroxyl groups excluding tert-OH is 1. The van der Waals surface area contributed by atoms with Gasteiger partial charge in [0.2, 0.25) is 0 Å². The zero-order chi connectivity index (χ0) is 14.0. The van der Waals surface area contributed by atoms with Crippen molar-refractivity contribution in [3.05, 3.63) is 67.8 Å². The van der Waals surface area contributed by atoms with Gasteiger partial charge in [-0.1, -0.05) is 29.8 Å². The molecule has 0 saturated heterocycles. The molecule has 1 nitrogen and oxygen atoms in total. The van der Waals surface area contributed by atoms with E-state index in [1.54, 1.807) is 18.2 Å². The second-order valence-electron chi connectivity index (χ2n) is 4.11. The van der Waals surface area contributed by atoms with Crippen molar-refractivity contribution < 1.29 is 13.9 Å². The molecule has 19 heavy (non-hydrogen) atoms. The molecule has 0 spiro atoms. The molecule has 2 aromatic rings. The van der Waals surface area contributed by atoms with Crippen molar-refractivity contribution in [2.75, 3.05) is 0 Å². The standard InChI is InChI=1S/C14H10ClF2IO/c15-10-6-8(4-5-12(10)18)13(19)7-9-2-1-3-11(16)14(9)17/h1-6,13,19H,7H2. The van der Waals surface area contributed by atoms with Crippen molar-refractivity contribution in [1.82, 2.24) is 0 Å². The van der Waals surface area contributed by atoms with E-state index in [9.17, 15) is 13.9 Å². The second-order valence-corrected chi connectivity index (χ2v) is 5.68. The highest BCUT2D eigenvalue weighted by molar-refractivity contribution is 14.1. The number of aliphatic hydroxyl groups is 1. The van der Waals surface area contributed by atoms with Crippen molar-refractivity contribution in [1.29, 1.82) is 0 Å². The van der Waals surface area contributed by atoms with E-state index in [1.165, 1.54) is 12.1 Å². The molecule has 0 radical (unpaired) electrons. The van der Waals surface area contributed by atoms with Gasteiger partial charge >= 0.3 is 0 Å². The van der Waals surface area contributed by atoms with Crippen LogP contribution in [-0.4, -0.2) is 5.11 Å². The Balaban J connectivity index is 2.23. The van der Waals surface area contributed by atoms with Crippen LogP contribution in [0.15, 0.2) is 36.4 Å². The monoisotopic (exact) mass is 394 g/mol. The first-order valence-electron chi connectivity index (χ1n) is 5.55. The molecule has 1 atom stereocenters. The van der Waals surface area contributed by atoms with Crippen molar-refractivity contribution in [2.24, 2.45) is 0 Å². The van der Waals surface area contributed by atoms with Crippen LogP contribution >= 0.6 is 34.2 Å². The minimum Gasteiger partial charge on any atom is -0.388 e. The summed E-state index contributed by atoms with van der Waals surface area (Å²) in [4.78, 5) is 0. The first kappa shape index (κ1) is 14.7. The summed E-state index contributed by atoms with van der Waals surface area (Å²) in [7, 11) is 0. The molecule has 2 aromatic carbocycles. The van der Waals surface area contributed by atoms with Crippen LogP contribution < -0.4 is 0 Å². The van der Waals surface area contributed by atoms with Gasteiger partial charge in [-0.25, -0.2) is 8.78 Å². The SMILES string of the molecule is OC(Cc1cccc(F)c1F)c1ccc(I)c(Cl)c1. The van der Waals surface area contributed by atoms with Crippen molar-refractivity contribution in [2.45, 2.75) is 12.5 Å². The molecule has 5 heteroatoms. The van der Waals surface area contributed by atoms with E-state index in [-0.39, 0.29) is 12.0 Å². The van der Waals surface area contributed by atoms with Gasteiger partial charge in [-0.05, 0) is 51.9 Å². The van der Waals surface area contributed by atoms with E-state index in [0.717, 1.165) is 9.64 Å². The highest BCUT2D eigenvalue weighted by Gasteiger charge is 2.14. The highest BCUT2D eigenvalue weighted by Crippen LogP contribution is 2.26. The van der Waals surface area contributed by atoms with Crippen LogP contribution in [0.3, 0.4) is 0 Å². The predicted molar refractivity (Wildman–Crippen MR) is 79.2 cm³/mol. The number of hydrogen-bond acceptors (Lipinski definition) is 1. The van der Waals surface area contributed by atoms with Gasteiger partial charge in [-0.3, -0.25) is 0 Å². The van der Waals surface area contributed by atoms with Crippen LogP contribution in [0, 0.1) is 15.2 Å². The molecule has 0 aromatic heterocycles. The number of rotatable bonds is 3. The predicted octanol–water partition coefficient (Wildman–Crippen LogP) is 4.50. The fourth-order valence-electron chi connectivity index (χ4n) is 1.75. The lowest BCUT2D eigenvalue weighted by Gasteiger charge is -2.12. The largest absolute Gasteiger partial charge is 0.388 e. The summed E-state index contributed by atoms with van der Waals surface area (Å²) in [5, 5.41) is 10.6. The van der Waals surface area contributed by atoms with Gasteiger partial charge < -0.3 is 5.11 Å². The van der Waals surface area contributed by atoms with E-state index in [4.69, 9.17) is 11.6 Å². The van der Waals surface area contributed by atoms with Gasteiger partial charge in [0.05, 0.1) is 11.1 Å². The topological polar surface area (TPSA) is 20.2 Å². The lowest BCUT2D eigenvalue weighted by atomic mass is 10.0. The Morgan fingerprint density at radius 1 is 1.21 bits per heavy atom. The van der Waals surface area contributed by atoms with E-state index in [1.807, 2.05) is 0 Å². The Labute approximate surface area is 128 Å². The van der Waals surface area contributed by atoms with E-state index < -0.39 is 17.7 Å². The van der Waals surface area contributed by atoms with Crippen LogP contribution in [0.25, 0.3) is 0 Å². The van der Waals surface area contributed by atoms with Crippen LogP contribution in [0.5, 0.6) is 0 Å². The van der Waals surface area contributed by atoms with Crippen molar-refractivity contribution in [3.63, 3.8) is 0 Å². The normalized spacial score (nSPS) is 12.5. The Morgan fingerprint density at radius 2 is 1.95 bits per heavy atom. The van der Waals surface area contributed by atoms with Gasteiger partial charge in [-0.15, -0.1) is 0 Å². The Kier molecular flexibility index (Phi) is 4.76. The molecule has 0 bridgehead atoms. The van der Waals surface area contributed by atoms with Crippen LogP contribution in [0.4, 0.5) is 8.78 Å². The van der Waals surface area contributed by atoms with Gasteiger partial charge in [0.25, 0.3) is 0 Å². The number of halogens is 4. The molecule has 0 aliphatic heterocycles. The molecular weight excluding hydrogens is 385 g/mol. The third-order valence-corrected chi connectivity index (χ3v) is 4.35. The van der Waals surface area contributed by atoms with Crippen molar-refractivity contribution in [3.8, 4) is 0 Å². The van der Waals surface area contributed by atoms with Gasteiger partial charge in [-0.2, -0.15) is 0 Å². The molecule has 100 valence electrons. The van der Waals surface area contributed by atoms with Crippen LogP contribution in [0.1, 0.15) is 17.2 Å². The third-order valence-electron chi connectivity index (χ3n) is 2.77. The Hall–Kier alpha value is -0.720. The molecule has 0 aliphatic rings. The zero-order valence-corrected chi connectivity index (χ0v) is 12.6. The van der Waals surface area contributed by atoms with E-state index in [2.05, 4.69) is 22.6 Å². The number of hydrogen-bond donors (Lipinski definition) is 1. The zero-order valence-electron chi connectivity index (χ0n) is 9.71. The summed E-state index contributed by atoms with van der Waals surface area (Å²) in [6.07, 6.45) is -0.925. The summed E-state index contributed by atoms with van der Waals surface area (Å²) in [6.45, 7) is 0. The van der Waals surface area contributed by atoms with Crippen LogP contribution in [-0.2, 0) is 6.42 Å². The average Bonchev–Trinajstić information content (AvgIpc) is 2.38. The molecule has 0 saturated carbocycles.